The summed E-state index contributed by atoms with van der Waals surface area (Å²) in [4.78, 5) is 2.03. The maximum atomic E-state index is 12.9. The zero-order chi connectivity index (χ0) is 20.1. The van der Waals surface area contributed by atoms with Gasteiger partial charge in [-0.2, -0.15) is 9.57 Å². The van der Waals surface area contributed by atoms with Crippen LogP contribution in [0.1, 0.15) is 18.1 Å². The molecular weight excluding hydrogens is 392 g/mol. The van der Waals surface area contributed by atoms with Gasteiger partial charge in [0.1, 0.15) is 6.07 Å². The highest BCUT2D eigenvalue weighted by molar-refractivity contribution is 7.89. The van der Waals surface area contributed by atoms with Crippen LogP contribution in [0.15, 0.2) is 53.4 Å². The predicted octanol–water partition coefficient (Wildman–Crippen LogP) is 2.82. The van der Waals surface area contributed by atoms with Crippen LogP contribution in [-0.4, -0.2) is 48.9 Å². The van der Waals surface area contributed by atoms with Crippen molar-refractivity contribution in [3.05, 3.63) is 59.7 Å². The summed E-state index contributed by atoms with van der Waals surface area (Å²) in [5, 5.41) is 13.0. The Bertz CT molecular complexity index is 1010. The van der Waals surface area contributed by atoms with E-state index >= 15 is 0 Å². The van der Waals surface area contributed by atoms with Crippen LogP contribution in [0.3, 0.4) is 0 Å². The number of nitriles is 1. The Balaban J connectivity index is 1.65. The summed E-state index contributed by atoms with van der Waals surface area (Å²) in [5.74, 6) is 0. The van der Waals surface area contributed by atoms with Crippen molar-refractivity contribution in [2.45, 2.75) is 18.2 Å². The highest BCUT2D eigenvalue weighted by Crippen LogP contribution is 2.21. The van der Waals surface area contributed by atoms with Crippen LogP contribution in [0.25, 0.3) is 0 Å². The summed E-state index contributed by atoms with van der Waals surface area (Å²) in [6, 6.07) is 16.3. The second-order valence-corrected chi connectivity index (χ2v) is 8.78. The second kappa shape index (κ2) is 8.69. The Labute approximate surface area is 171 Å². The standard InChI is InChI=1S/C20H22N4O2S2/c1-2-16-6-5-8-18(14-16)22-20(27)23-10-12-24(13-11-23)28(25,26)19-9-4-3-7-17(19)15-21/h3-9,14H,2,10-13H2,1H3,(H,22,27). The van der Waals surface area contributed by atoms with E-state index in [1.54, 1.807) is 12.1 Å². The van der Waals surface area contributed by atoms with Crippen LogP contribution >= 0.6 is 12.2 Å². The van der Waals surface area contributed by atoms with Crippen molar-refractivity contribution < 1.29 is 8.42 Å². The molecule has 0 unspecified atom stereocenters. The molecule has 28 heavy (non-hydrogen) atoms. The smallest absolute Gasteiger partial charge is 0.244 e. The molecule has 0 saturated carbocycles. The summed E-state index contributed by atoms with van der Waals surface area (Å²) >= 11 is 5.50. The minimum absolute atomic E-state index is 0.0584. The Morgan fingerprint density at radius 1 is 1.14 bits per heavy atom. The summed E-state index contributed by atoms with van der Waals surface area (Å²) in [6.45, 7) is 3.72. The molecule has 3 rings (SSSR count). The molecule has 0 aromatic heterocycles. The number of aryl methyl sites for hydroxylation is 1. The first-order valence-electron chi connectivity index (χ1n) is 9.10. The molecule has 2 aromatic rings. The lowest BCUT2D eigenvalue weighted by atomic mass is 10.1. The molecule has 1 fully saturated rings. The van der Waals surface area contributed by atoms with E-state index in [0.717, 1.165) is 12.1 Å². The molecule has 146 valence electrons. The first-order chi connectivity index (χ1) is 13.5. The molecule has 0 bridgehead atoms. The molecule has 1 saturated heterocycles. The highest BCUT2D eigenvalue weighted by Gasteiger charge is 2.30. The van der Waals surface area contributed by atoms with Crippen molar-refractivity contribution in [3.63, 3.8) is 0 Å². The van der Waals surface area contributed by atoms with Gasteiger partial charge in [-0.3, -0.25) is 0 Å². The number of thiocarbonyl (C=S) groups is 1. The highest BCUT2D eigenvalue weighted by atomic mass is 32.2. The van der Waals surface area contributed by atoms with Gasteiger partial charge in [-0.05, 0) is 48.5 Å². The van der Waals surface area contributed by atoms with Crippen LogP contribution in [0, 0.1) is 11.3 Å². The van der Waals surface area contributed by atoms with Crippen molar-refractivity contribution >= 4 is 33.0 Å². The van der Waals surface area contributed by atoms with Crippen LogP contribution < -0.4 is 5.32 Å². The van der Waals surface area contributed by atoms with Crippen LogP contribution in [0.5, 0.6) is 0 Å². The fourth-order valence-corrected chi connectivity index (χ4v) is 4.99. The topological polar surface area (TPSA) is 76.4 Å². The van der Waals surface area contributed by atoms with Gasteiger partial charge in [0, 0.05) is 31.9 Å². The molecule has 1 heterocycles. The molecule has 0 aliphatic carbocycles. The molecule has 0 amide bonds. The number of benzene rings is 2. The molecule has 0 radical (unpaired) electrons. The molecule has 1 N–H and O–H groups in total. The SMILES string of the molecule is CCc1cccc(NC(=S)N2CCN(S(=O)(=O)c3ccccc3C#N)CC2)c1. The Kier molecular flexibility index (Phi) is 6.29. The van der Waals surface area contributed by atoms with E-state index in [9.17, 15) is 13.7 Å². The Hall–Kier alpha value is -2.47. The lowest BCUT2D eigenvalue weighted by molar-refractivity contribution is 0.268. The van der Waals surface area contributed by atoms with Crippen LogP contribution in [0.2, 0.25) is 0 Å². The third-order valence-corrected chi connectivity index (χ3v) is 7.05. The van der Waals surface area contributed by atoms with E-state index in [4.69, 9.17) is 12.2 Å². The molecule has 2 aromatic carbocycles. The largest absolute Gasteiger partial charge is 0.346 e. The second-order valence-electron chi connectivity index (χ2n) is 6.48. The maximum absolute atomic E-state index is 12.9. The third kappa shape index (κ3) is 4.33. The Morgan fingerprint density at radius 2 is 1.86 bits per heavy atom. The lowest BCUT2D eigenvalue weighted by Crippen LogP contribution is -2.51. The zero-order valence-corrected chi connectivity index (χ0v) is 17.3. The van der Waals surface area contributed by atoms with Crippen LogP contribution in [0.4, 0.5) is 5.69 Å². The van der Waals surface area contributed by atoms with Gasteiger partial charge in [0.25, 0.3) is 0 Å². The van der Waals surface area contributed by atoms with Gasteiger partial charge >= 0.3 is 0 Å². The minimum Gasteiger partial charge on any atom is -0.346 e. The fraction of sp³-hybridized carbons (Fsp3) is 0.300. The van der Waals surface area contributed by atoms with Gasteiger partial charge in [0.05, 0.1) is 10.5 Å². The van der Waals surface area contributed by atoms with E-state index in [1.807, 2.05) is 23.1 Å². The summed E-state index contributed by atoms with van der Waals surface area (Å²) < 4.78 is 27.2. The van der Waals surface area contributed by atoms with Crippen molar-refractivity contribution in [1.82, 2.24) is 9.21 Å². The van der Waals surface area contributed by atoms with E-state index in [0.29, 0.717) is 31.3 Å². The van der Waals surface area contributed by atoms with Crippen molar-refractivity contribution in [3.8, 4) is 6.07 Å². The van der Waals surface area contributed by atoms with E-state index in [2.05, 4.69) is 24.4 Å². The molecule has 1 aliphatic rings. The molecule has 0 atom stereocenters. The first kappa shape index (κ1) is 20.3. The third-order valence-electron chi connectivity index (χ3n) is 4.74. The quantitative estimate of drug-likeness (QED) is 0.776. The molecule has 1 aliphatic heterocycles. The summed E-state index contributed by atoms with van der Waals surface area (Å²) in [5.41, 5.74) is 2.32. The number of hydrogen-bond donors (Lipinski definition) is 1. The first-order valence-corrected chi connectivity index (χ1v) is 10.9. The average Bonchev–Trinajstić information content (AvgIpc) is 2.73. The maximum Gasteiger partial charge on any atom is 0.244 e. The number of nitrogens with one attached hydrogen (secondary N) is 1. The van der Waals surface area contributed by atoms with Gasteiger partial charge in [0.15, 0.2) is 5.11 Å². The van der Waals surface area contributed by atoms with E-state index in [-0.39, 0.29) is 10.5 Å². The van der Waals surface area contributed by atoms with E-state index in [1.165, 1.54) is 22.0 Å². The summed E-state index contributed by atoms with van der Waals surface area (Å²) in [7, 11) is -3.70. The zero-order valence-electron chi connectivity index (χ0n) is 15.6. The molecule has 8 heteroatoms. The van der Waals surface area contributed by atoms with Crippen LogP contribution in [-0.2, 0) is 16.4 Å². The van der Waals surface area contributed by atoms with Gasteiger partial charge < -0.3 is 10.2 Å². The molecular formula is C20H22N4O2S2. The van der Waals surface area contributed by atoms with Crippen molar-refractivity contribution in [2.24, 2.45) is 0 Å². The number of anilines is 1. The number of piperazine rings is 1. The number of nitrogens with zero attached hydrogens (tertiary/aromatic N) is 3. The van der Waals surface area contributed by atoms with Crippen molar-refractivity contribution in [1.29, 1.82) is 5.26 Å². The minimum atomic E-state index is -3.70. The van der Waals surface area contributed by atoms with Gasteiger partial charge in [-0.1, -0.05) is 31.2 Å². The number of hydrogen-bond acceptors (Lipinski definition) is 4. The average molecular weight is 415 g/mol. The number of rotatable bonds is 4. The normalized spacial score (nSPS) is 15.1. The van der Waals surface area contributed by atoms with Gasteiger partial charge in [-0.25, -0.2) is 8.42 Å². The Morgan fingerprint density at radius 3 is 2.54 bits per heavy atom. The lowest BCUT2D eigenvalue weighted by Gasteiger charge is -2.35. The van der Waals surface area contributed by atoms with Gasteiger partial charge in [-0.15, -0.1) is 0 Å². The number of sulfonamides is 1. The monoisotopic (exact) mass is 414 g/mol. The molecule has 0 spiro atoms. The predicted molar refractivity (Wildman–Crippen MR) is 114 cm³/mol. The van der Waals surface area contributed by atoms with E-state index < -0.39 is 10.0 Å². The van der Waals surface area contributed by atoms with Gasteiger partial charge in [0.2, 0.25) is 10.0 Å². The fourth-order valence-electron chi connectivity index (χ4n) is 3.13. The van der Waals surface area contributed by atoms with Crippen molar-refractivity contribution in [2.75, 3.05) is 31.5 Å². The summed E-state index contributed by atoms with van der Waals surface area (Å²) in [6.07, 6.45) is 0.947. The molecule has 6 nitrogen and oxygen atoms in total.